The van der Waals surface area contributed by atoms with E-state index < -0.39 is 0 Å². The minimum Gasteiger partial charge on any atom is -0.376 e. The number of nitrogens with one attached hydrogen (secondary N) is 2. The van der Waals surface area contributed by atoms with Crippen LogP contribution in [-0.4, -0.2) is 18.2 Å². The van der Waals surface area contributed by atoms with Gasteiger partial charge < -0.3 is 5.32 Å². The predicted molar refractivity (Wildman–Crippen MR) is 87.6 cm³/mol. The molecule has 1 unspecified atom stereocenters. The second-order valence-electron chi connectivity index (χ2n) is 6.09. The van der Waals surface area contributed by atoms with E-state index in [4.69, 9.17) is 0 Å². The molecular formula is C17H25N3O. The molecule has 114 valence electrons. The first-order chi connectivity index (χ1) is 10.0. The van der Waals surface area contributed by atoms with Crippen molar-refractivity contribution in [2.24, 2.45) is 11.0 Å². The van der Waals surface area contributed by atoms with Gasteiger partial charge in [-0.1, -0.05) is 24.6 Å². The van der Waals surface area contributed by atoms with Crippen LogP contribution in [0.5, 0.6) is 0 Å². The number of rotatable bonds is 4. The number of hydrazone groups is 1. The Morgan fingerprint density at radius 2 is 2.19 bits per heavy atom. The number of nitrogens with zero attached hydrogens (tertiary/aromatic N) is 1. The van der Waals surface area contributed by atoms with E-state index in [-0.39, 0.29) is 12.5 Å². The summed E-state index contributed by atoms with van der Waals surface area (Å²) in [6.45, 7) is 6.58. The lowest BCUT2D eigenvalue weighted by Crippen LogP contribution is -2.28. The second-order valence-corrected chi connectivity index (χ2v) is 6.09. The van der Waals surface area contributed by atoms with Crippen LogP contribution in [0.3, 0.4) is 0 Å². The van der Waals surface area contributed by atoms with E-state index in [9.17, 15) is 4.79 Å². The van der Waals surface area contributed by atoms with Crippen molar-refractivity contribution in [3.63, 3.8) is 0 Å². The summed E-state index contributed by atoms with van der Waals surface area (Å²) in [4.78, 5) is 11.8. The van der Waals surface area contributed by atoms with Gasteiger partial charge in [0.2, 0.25) is 0 Å². The Morgan fingerprint density at radius 3 is 2.90 bits per heavy atom. The van der Waals surface area contributed by atoms with Crippen LogP contribution in [0.25, 0.3) is 0 Å². The van der Waals surface area contributed by atoms with Gasteiger partial charge in [0, 0.05) is 11.4 Å². The van der Waals surface area contributed by atoms with Crippen molar-refractivity contribution in [1.29, 1.82) is 0 Å². The molecule has 1 saturated carbocycles. The molecule has 1 amide bonds. The smallest absolute Gasteiger partial charge is 0.259 e. The van der Waals surface area contributed by atoms with Gasteiger partial charge in [-0.3, -0.25) is 4.79 Å². The summed E-state index contributed by atoms with van der Waals surface area (Å²) in [5.74, 6) is 0.587. The maximum atomic E-state index is 11.8. The highest BCUT2D eigenvalue weighted by Gasteiger charge is 2.14. The summed E-state index contributed by atoms with van der Waals surface area (Å²) in [7, 11) is 0. The van der Waals surface area contributed by atoms with Crippen LogP contribution in [-0.2, 0) is 4.79 Å². The minimum absolute atomic E-state index is 0.0966. The quantitative estimate of drug-likeness (QED) is 0.834. The van der Waals surface area contributed by atoms with E-state index in [0.717, 1.165) is 29.8 Å². The molecule has 0 radical (unpaired) electrons. The fraction of sp³-hybridized carbons (Fsp3) is 0.529. The number of aryl methyl sites for hydroxylation is 2. The topological polar surface area (TPSA) is 53.5 Å². The average molecular weight is 287 g/mol. The first-order valence-corrected chi connectivity index (χ1v) is 7.70. The Balaban J connectivity index is 1.80. The molecule has 0 aliphatic heterocycles. The number of carbonyl (C=O) groups is 1. The van der Waals surface area contributed by atoms with E-state index in [1.165, 1.54) is 18.4 Å². The van der Waals surface area contributed by atoms with Crippen LogP contribution < -0.4 is 10.7 Å². The zero-order chi connectivity index (χ0) is 15.2. The zero-order valence-corrected chi connectivity index (χ0v) is 13.2. The summed E-state index contributed by atoms with van der Waals surface area (Å²) < 4.78 is 0. The van der Waals surface area contributed by atoms with Crippen LogP contribution >= 0.6 is 0 Å². The molecule has 0 aromatic heterocycles. The molecule has 0 saturated heterocycles. The average Bonchev–Trinajstić information content (AvgIpc) is 2.44. The van der Waals surface area contributed by atoms with Crippen molar-refractivity contribution in [2.75, 3.05) is 11.9 Å². The summed E-state index contributed by atoms with van der Waals surface area (Å²) in [5, 5.41) is 7.41. The van der Waals surface area contributed by atoms with Gasteiger partial charge in [-0.2, -0.15) is 5.10 Å². The predicted octanol–water partition coefficient (Wildman–Crippen LogP) is 3.40. The van der Waals surface area contributed by atoms with Gasteiger partial charge in [-0.05, 0) is 57.1 Å². The summed E-state index contributed by atoms with van der Waals surface area (Å²) in [5.41, 5.74) is 7.15. The number of hydrogen-bond acceptors (Lipinski definition) is 3. The van der Waals surface area contributed by atoms with Gasteiger partial charge in [0.05, 0.1) is 6.54 Å². The lowest BCUT2D eigenvalue weighted by atomic mass is 9.89. The number of anilines is 1. The number of benzene rings is 1. The van der Waals surface area contributed by atoms with Crippen molar-refractivity contribution in [3.8, 4) is 0 Å². The third-order valence-electron chi connectivity index (χ3n) is 3.91. The molecule has 1 atom stereocenters. The maximum Gasteiger partial charge on any atom is 0.259 e. The highest BCUT2D eigenvalue weighted by molar-refractivity contribution is 5.88. The van der Waals surface area contributed by atoms with Crippen LogP contribution in [0, 0.1) is 19.8 Å². The fourth-order valence-corrected chi connectivity index (χ4v) is 2.73. The first-order valence-electron chi connectivity index (χ1n) is 7.70. The molecule has 1 aromatic carbocycles. The second kappa shape index (κ2) is 7.25. The monoisotopic (exact) mass is 287 g/mol. The van der Waals surface area contributed by atoms with E-state index in [1.54, 1.807) is 0 Å². The standard InChI is InChI=1S/C17H25N3O/c1-12-5-4-6-15(10-12)19-20-17(21)11-18-16-8-7-13(2)9-14(16)3/h7-9,12,18H,4-6,10-11H2,1-3H3,(H,20,21)/b19-15+. The van der Waals surface area contributed by atoms with Crippen molar-refractivity contribution < 1.29 is 4.79 Å². The van der Waals surface area contributed by atoms with Crippen molar-refractivity contribution in [2.45, 2.75) is 46.5 Å². The Kier molecular flexibility index (Phi) is 5.37. The molecule has 4 nitrogen and oxygen atoms in total. The number of carbonyl (C=O) groups excluding carboxylic acids is 1. The molecule has 1 aliphatic carbocycles. The number of hydrogen-bond donors (Lipinski definition) is 2. The summed E-state index contributed by atoms with van der Waals surface area (Å²) in [6.07, 6.45) is 4.46. The van der Waals surface area contributed by atoms with Gasteiger partial charge in [0.15, 0.2) is 0 Å². The van der Waals surface area contributed by atoms with Gasteiger partial charge in [0.1, 0.15) is 0 Å². The van der Waals surface area contributed by atoms with Gasteiger partial charge in [-0.25, -0.2) is 5.43 Å². The SMILES string of the molecule is Cc1ccc(NCC(=O)N/N=C2\CCCC(C)C2)c(C)c1. The van der Waals surface area contributed by atoms with Crippen LogP contribution in [0.2, 0.25) is 0 Å². The zero-order valence-electron chi connectivity index (χ0n) is 13.2. The molecule has 21 heavy (non-hydrogen) atoms. The normalized spacial score (nSPS) is 20.3. The van der Waals surface area contributed by atoms with Crippen LogP contribution in [0.4, 0.5) is 5.69 Å². The molecule has 0 spiro atoms. The van der Waals surface area contributed by atoms with E-state index in [0.29, 0.717) is 5.92 Å². The Labute approximate surface area is 127 Å². The largest absolute Gasteiger partial charge is 0.376 e. The van der Waals surface area contributed by atoms with E-state index >= 15 is 0 Å². The van der Waals surface area contributed by atoms with Gasteiger partial charge in [-0.15, -0.1) is 0 Å². The molecule has 1 aliphatic rings. The minimum atomic E-state index is -0.0966. The summed E-state index contributed by atoms with van der Waals surface area (Å²) in [6, 6.07) is 6.15. The van der Waals surface area contributed by atoms with Crippen molar-refractivity contribution in [3.05, 3.63) is 29.3 Å². The molecule has 2 rings (SSSR count). The highest BCUT2D eigenvalue weighted by atomic mass is 16.2. The van der Waals surface area contributed by atoms with Gasteiger partial charge in [0.25, 0.3) is 5.91 Å². The summed E-state index contributed by atoms with van der Waals surface area (Å²) >= 11 is 0. The lowest BCUT2D eigenvalue weighted by molar-refractivity contribution is -0.119. The molecule has 1 aromatic rings. The van der Waals surface area contributed by atoms with E-state index in [2.05, 4.69) is 35.8 Å². The molecule has 2 N–H and O–H groups in total. The van der Waals surface area contributed by atoms with Crippen LogP contribution in [0.1, 0.15) is 43.7 Å². The lowest BCUT2D eigenvalue weighted by Gasteiger charge is -2.19. The third kappa shape index (κ3) is 4.88. The molecular weight excluding hydrogens is 262 g/mol. The Morgan fingerprint density at radius 1 is 1.38 bits per heavy atom. The van der Waals surface area contributed by atoms with E-state index in [1.807, 2.05) is 19.1 Å². The van der Waals surface area contributed by atoms with Gasteiger partial charge >= 0.3 is 0 Å². The van der Waals surface area contributed by atoms with Crippen molar-refractivity contribution >= 4 is 17.3 Å². The molecule has 0 bridgehead atoms. The highest BCUT2D eigenvalue weighted by Crippen LogP contribution is 2.21. The first kappa shape index (κ1) is 15.5. The fourth-order valence-electron chi connectivity index (χ4n) is 2.73. The molecule has 1 fully saturated rings. The third-order valence-corrected chi connectivity index (χ3v) is 3.91. The maximum absolute atomic E-state index is 11.8. The molecule has 0 heterocycles. The van der Waals surface area contributed by atoms with Crippen molar-refractivity contribution in [1.82, 2.24) is 5.43 Å². The number of amides is 1. The Bertz CT molecular complexity index is 537. The molecule has 4 heteroatoms. The van der Waals surface area contributed by atoms with Crippen LogP contribution in [0.15, 0.2) is 23.3 Å². The Hall–Kier alpha value is -1.84.